The molecule has 3 heterocycles. The Balaban J connectivity index is 1.25. The summed E-state index contributed by atoms with van der Waals surface area (Å²) in [5, 5.41) is 3.84. The summed E-state index contributed by atoms with van der Waals surface area (Å²) in [6.45, 7) is 6.15. The number of aromatic nitrogens is 2. The van der Waals surface area contributed by atoms with E-state index in [-0.39, 0.29) is 0 Å². The second-order valence-corrected chi connectivity index (χ2v) is 7.49. The number of likely N-dealkylation sites (tertiary alicyclic amines) is 1. The highest BCUT2D eigenvalue weighted by atomic mass is 16.5. The van der Waals surface area contributed by atoms with Crippen molar-refractivity contribution < 1.29 is 9.32 Å². The zero-order valence-electron chi connectivity index (χ0n) is 15.4. The summed E-state index contributed by atoms with van der Waals surface area (Å²) in [7, 11) is 0. The molecule has 1 saturated heterocycles. The van der Waals surface area contributed by atoms with Crippen LogP contribution in [0.15, 0.2) is 28.8 Å². The van der Waals surface area contributed by atoms with Crippen LogP contribution in [0.1, 0.15) is 42.1 Å². The molecular formula is C20H26N4O2. The molecule has 26 heavy (non-hydrogen) atoms. The number of aryl methyl sites for hydroxylation is 1. The average molecular weight is 354 g/mol. The van der Waals surface area contributed by atoms with E-state index in [1.54, 1.807) is 0 Å². The Morgan fingerprint density at radius 1 is 1.19 bits per heavy atom. The minimum atomic E-state index is 0.311. The van der Waals surface area contributed by atoms with Crippen molar-refractivity contribution in [3.8, 4) is 0 Å². The SMILES string of the molecule is Cc1noc(CN2CCC(CC(=O)N3CCc4ccccc4C3)CC2)n1. The van der Waals surface area contributed by atoms with Gasteiger partial charge in [0.05, 0.1) is 6.54 Å². The van der Waals surface area contributed by atoms with Crippen LogP contribution in [0.5, 0.6) is 0 Å². The fourth-order valence-electron chi connectivity index (χ4n) is 4.03. The molecular weight excluding hydrogens is 328 g/mol. The van der Waals surface area contributed by atoms with Gasteiger partial charge in [-0.25, -0.2) is 0 Å². The Hall–Kier alpha value is -2.21. The number of piperidine rings is 1. The molecule has 0 spiro atoms. The number of carbonyl (C=O) groups excluding carboxylic acids is 1. The summed E-state index contributed by atoms with van der Waals surface area (Å²) < 4.78 is 5.20. The van der Waals surface area contributed by atoms with E-state index in [1.165, 1.54) is 11.1 Å². The van der Waals surface area contributed by atoms with Crippen molar-refractivity contribution in [2.75, 3.05) is 19.6 Å². The normalized spacial score (nSPS) is 18.7. The third kappa shape index (κ3) is 3.96. The van der Waals surface area contributed by atoms with Crippen molar-refractivity contribution in [3.05, 3.63) is 47.1 Å². The fourth-order valence-corrected chi connectivity index (χ4v) is 4.03. The Morgan fingerprint density at radius 3 is 2.69 bits per heavy atom. The van der Waals surface area contributed by atoms with Gasteiger partial charge in [-0.1, -0.05) is 29.4 Å². The van der Waals surface area contributed by atoms with Gasteiger partial charge in [0, 0.05) is 19.5 Å². The van der Waals surface area contributed by atoms with Gasteiger partial charge < -0.3 is 9.42 Å². The minimum absolute atomic E-state index is 0.311. The van der Waals surface area contributed by atoms with Crippen molar-refractivity contribution >= 4 is 5.91 Å². The Labute approximate surface area is 154 Å². The first-order valence-electron chi connectivity index (χ1n) is 9.53. The summed E-state index contributed by atoms with van der Waals surface area (Å²) >= 11 is 0. The molecule has 2 aliphatic rings. The number of carbonyl (C=O) groups is 1. The van der Waals surface area contributed by atoms with Crippen LogP contribution in [0.3, 0.4) is 0 Å². The van der Waals surface area contributed by atoms with Gasteiger partial charge in [-0.3, -0.25) is 9.69 Å². The van der Waals surface area contributed by atoms with Crippen LogP contribution in [0, 0.1) is 12.8 Å². The average Bonchev–Trinajstić information content (AvgIpc) is 3.07. The first kappa shape index (κ1) is 17.2. The van der Waals surface area contributed by atoms with E-state index in [9.17, 15) is 4.79 Å². The van der Waals surface area contributed by atoms with Gasteiger partial charge in [0.1, 0.15) is 0 Å². The number of fused-ring (bicyclic) bond motifs is 1. The van der Waals surface area contributed by atoms with E-state index in [4.69, 9.17) is 4.52 Å². The second kappa shape index (κ2) is 7.58. The first-order valence-corrected chi connectivity index (χ1v) is 9.53. The molecule has 4 rings (SSSR count). The van der Waals surface area contributed by atoms with Crippen LogP contribution in [-0.4, -0.2) is 45.5 Å². The Bertz CT molecular complexity index is 765. The van der Waals surface area contributed by atoms with Crippen LogP contribution in [0.25, 0.3) is 0 Å². The maximum absolute atomic E-state index is 12.7. The lowest BCUT2D eigenvalue weighted by Gasteiger charge is -2.33. The van der Waals surface area contributed by atoms with Crippen LogP contribution in [0.4, 0.5) is 0 Å². The van der Waals surface area contributed by atoms with Crippen LogP contribution in [0.2, 0.25) is 0 Å². The molecule has 0 atom stereocenters. The monoisotopic (exact) mass is 354 g/mol. The molecule has 1 aromatic heterocycles. The van der Waals surface area contributed by atoms with Crippen LogP contribution in [-0.2, 0) is 24.3 Å². The summed E-state index contributed by atoms with van der Waals surface area (Å²) in [5.74, 6) is 2.17. The van der Waals surface area contributed by atoms with Gasteiger partial charge >= 0.3 is 0 Å². The van der Waals surface area contributed by atoms with Crippen molar-refractivity contribution in [1.29, 1.82) is 0 Å². The first-order chi connectivity index (χ1) is 12.7. The molecule has 0 unspecified atom stereocenters. The van der Waals surface area contributed by atoms with E-state index in [0.717, 1.165) is 45.4 Å². The topological polar surface area (TPSA) is 62.5 Å². The zero-order valence-corrected chi connectivity index (χ0v) is 15.4. The van der Waals surface area contributed by atoms with E-state index >= 15 is 0 Å². The number of rotatable bonds is 4. The van der Waals surface area contributed by atoms with E-state index in [1.807, 2.05) is 11.8 Å². The third-order valence-corrected chi connectivity index (χ3v) is 5.58. The van der Waals surface area contributed by atoms with Crippen LogP contribution >= 0.6 is 0 Å². The lowest BCUT2D eigenvalue weighted by atomic mass is 9.92. The second-order valence-electron chi connectivity index (χ2n) is 7.49. The smallest absolute Gasteiger partial charge is 0.240 e. The number of hydrogen-bond donors (Lipinski definition) is 0. The number of benzene rings is 1. The molecule has 0 bridgehead atoms. The Kier molecular flexibility index (Phi) is 5.02. The number of nitrogens with zero attached hydrogens (tertiary/aromatic N) is 4. The van der Waals surface area contributed by atoms with Gasteiger partial charge in [0.15, 0.2) is 5.82 Å². The molecule has 6 nitrogen and oxygen atoms in total. The van der Waals surface area contributed by atoms with E-state index in [0.29, 0.717) is 36.5 Å². The minimum Gasteiger partial charge on any atom is -0.338 e. The quantitative estimate of drug-likeness (QED) is 0.844. The lowest BCUT2D eigenvalue weighted by Crippen LogP contribution is -2.39. The predicted molar refractivity (Wildman–Crippen MR) is 97.2 cm³/mol. The molecule has 0 saturated carbocycles. The molecule has 1 aromatic carbocycles. The van der Waals surface area contributed by atoms with Crippen molar-refractivity contribution in [2.24, 2.45) is 5.92 Å². The van der Waals surface area contributed by atoms with Crippen molar-refractivity contribution in [2.45, 2.75) is 45.7 Å². The molecule has 138 valence electrons. The summed E-state index contributed by atoms with van der Waals surface area (Å²) in [6.07, 6.45) is 3.77. The predicted octanol–water partition coefficient (Wildman–Crippen LogP) is 2.57. The van der Waals surface area contributed by atoms with E-state index < -0.39 is 0 Å². The molecule has 0 aliphatic carbocycles. The highest BCUT2D eigenvalue weighted by molar-refractivity contribution is 5.76. The fraction of sp³-hybridized carbons (Fsp3) is 0.550. The van der Waals surface area contributed by atoms with E-state index in [2.05, 4.69) is 39.3 Å². The van der Waals surface area contributed by atoms with Gasteiger partial charge in [-0.15, -0.1) is 0 Å². The van der Waals surface area contributed by atoms with Gasteiger partial charge in [-0.2, -0.15) is 4.98 Å². The standard InChI is InChI=1S/C20H26N4O2/c1-15-21-19(26-22-15)14-23-9-6-16(7-10-23)12-20(25)24-11-8-17-4-2-3-5-18(17)13-24/h2-5,16H,6-14H2,1H3. The molecule has 0 radical (unpaired) electrons. The largest absolute Gasteiger partial charge is 0.338 e. The maximum atomic E-state index is 12.7. The molecule has 2 aliphatic heterocycles. The molecule has 1 fully saturated rings. The van der Waals surface area contributed by atoms with Crippen LogP contribution < -0.4 is 0 Å². The lowest BCUT2D eigenvalue weighted by molar-refractivity contribution is -0.133. The maximum Gasteiger partial charge on any atom is 0.240 e. The summed E-state index contributed by atoms with van der Waals surface area (Å²) in [6, 6.07) is 8.47. The van der Waals surface area contributed by atoms with Gasteiger partial charge in [-0.05, 0) is 56.3 Å². The molecule has 0 N–H and O–H groups in total. The summed E-state index contributed by atoms with van der Waals surface area (Å²) in [4.78, 5) is 21.4. The molecule has 2 aromatic rings. The van der Waals surface area contributed by atoms with Crippen molar-refractivity contribution in [3.63, 3.8) is 0 Å². The Morgan fingerprint density at radius 2 is 1.96 bits per heavy atom. The highest BCUT2D eigenvalue weighted by Crippen LogP contribution is 2.25. The summed E-state index contributed by atoms with van der Waals surface area (Å²) in [5.41, 5.74) is 2.69. The third-order valence-electron chi connectivity index (χ3n) is 5.58. The molecule has 6 heteroatoms. The van der Waals surface area contributed by atoms with Crippen molar-refractivity contribution in [1.82, 2.24) is 19.9 Å². The highest BCUT2D eigenvalue weighted by Gasteiger charge is 2.26. The van der Waals surface area contributed by atoms with Gasteiger partial charge in [0.25, 0.3) is 0 Å². The number of hydrogen-bond acceptors (Lipinski definition) is 5. The molecule has 1 amide bonds. The number of amides is 1. The van der Waals surface area contributed by atoms with Gasteiger partial charge in [0.2, 0.25) is 11.8 Å². The zero-order chi connectivity index (χ0) is 17.9.